The number of carbonyl (C=O) groups is 2. The van der Waals surface area contributed by atoms with Gasteiger partial charge in [0.2, 0.25) is 6.79 Å². The number of carbonyl (C=O) groups excluding carboxylic acids is 1. The van der Waals surface area contributed by atoms with Crippen molar-refractivity contribution in [3.63, 3.8) is 0 Å². The summed E-state index contributed by atoms with van der Waals surface area (Å²) in [6, 6.07) is 4.79. The van der Waals surface area contributed by atoms with Crippen LogP contribution in [0.2, 0.25) is 0 Å². The normalized spacial score (nSPS) is 16.9. The van der Waals surface area contributed by atoms with Gasteiger partial charge in [-0.3, -0.25) is 4.79 Å². The van der Waals surface area contributed by atoms with Crippen LogP contribution < -0.4 is 14.8 Å². The average Bonchev–Trinajstić information content (AvgIpc) is 2.73. The topological polar surface area (TPSA) is 88.1 Å². The zero-order valence-electron chi connectivity index (χ0n) is 9.96. The first-order valence-electron chi connectivity index (χ1n) is 5.82. The van der Waals surface area contributed by atoms with E-state index >= 15 is 0 Å². The number of fused-ring (bicyclic) bond motifs is 1. The highest BCUT2D eigenvalue weighted by Gasteiger charge is 2.35. The van der Waals surface area contributed by atoms with E-state index in [0.717, 1.165) is 0 Å². The minimum Gasteiger partial charge on any atom is -0.481 e. The number of urea groups is 1. The van der Waals surface area contributed by atoms with Gasteiger partial charge in [0.1, 0.15) is 0 Å². The standard InChI is InChI=1S/C12H12N2O5/c15-11(16)7-4-14(5-7)12(17)13-8-1-2-9-10(3-8)19-6-18-9/h1-3,7H,4-6H2,(H,13,17)(H,15,16). The number of rotatable bonds is 2. The van der Waals surface area contributed by atoms with Gasteiger partial charge in [0.25, 0.3) is 0 Å². The van der Waals surface area contributed by atoms with Crippen molar-refractivity contribution in [3.05, 3.63) is 18.2 Å². The van der Waals surface area contributed by atoms with Gasteiger partial charge in [0.15, 0.2) is 11.5 Å². The maximum absolute atomic E-state index is 11.8. The molecule has 0 aliphatic carbocycles. The number of hydrogen-bond donors (Lipinski definition) is 2. The summed E-state index contributed by atoms with van der Waals surface area (Å²) in [5, 5.41) is 11.4. The van der Waals surface area contributed by atoms with Crippen LogP contribution in [-0.4, -0.2) is 41.9 Å². The zero-order chi connectivity index (χ0) is 13.4. The molecule has 0 bridgehead atoms. The SMILES string of the molecule is O=C(O)C1CN(C(=O)Nc2ccc3c(c2)OCO3)C1. The molecule has 2 aliphatic rings. The second-order valence-corrected chi connectivity index (χ2v) is 4.44. The number of carboxylic acids is 1. The molecule has 1 aromatic carbocycles. The summed E-state index contributed by atoms with van der Waals surface area (Å²) in [7, 11) is 0. The van der Waals surface area contributed by atoms with E-state index in [1.165, 1.54) is 4.90 Å². The summed E-state index contributed by atoms with van der Waals surface area (Å²) in [6.45, 7) is 0.663. The van der Waals surface area contributed by atoms with Crippen LogP contribution in [0.25, 0.3) is 0 Å². The largest absolute Gasteiger partial charge is 0.481 e. The zero-order valence-corrected chi connectivity index (χ0v) is 9.96. The highest BCUT2D eigenvalue weighted by Crippen LogP contribution is 2.34. The summed E-state index contributed by atoms with van der Waals surface area (Å²) in [4.78, 5) is 23.9. The molecule has 0 unspecified atom stereocenters. The molecule has 0 aromatic heterocycles. The fourth-order valence-corrected chi connectivity index (χ4v) is 1.98. The summed E-state index contributed by atoms with van der Waals surface area (Å²) < 4.78 is 10.4. The highest BCUT2D eigenvalue weighted by molar-refractivity contribution is 5.91. The third kappa shape index (κ3) is 2.14. The Balaban J connectivity index is 1.60. The Hall–Kier alpha value is -2.44. The third-order valence-corrected chi connectivity index (χ3v) is 3.14. The third-order valence-electron chi connectivity index (χ3n) is 3.14. The average molecular weight is 264 g/mol. The van der Waals surface area contributed by atoms with E-state index in [-0.39, 0.29) is 25.9 Å². The molecule has 2 N–H and O–H groups in total. The van der Waals surface area contributed by atoms with Crippen molar-refractivity contribution in [2.24, 2.45) is 5.92 Å². The van der Waals surface area contributed by atoms with Crippen LogP contribution in [0, 0.1) is 5.92 Å². The van der Waals surface area contributed by atoms with E-state index in [1.54, 1.807) is 18.2 Å². The van der Waals surface area contributed by atoms with Gasteiger partial charge in [-0.2, -0.15) is 0 Å². The Kier molecular flexibility index (Phi) is 2.66. The number of anilines is 1. The fourth-order valence-electron chi connectivity index (χ4n) is 1.98. The van der Waals surface area contributed by atoms with Crippen LogP contribution in [-0.2, 0) is 4.79 Å². The molecule has 2 amide bonds. The number of nitrogens with zero attached hydrogens (tertiary/aromatic N) is 1. The van der Waals surface area contributed by atoms with Gasteiger partial charge < -0.3 is 24.8 Å². The van der Waals surface area contributed by atoms with Crippen molar-refractivity contribution >= 4 is 17.7 Å². The van der Waals surface area contributed by atoms with Crippen LogP contribution in [0.1, 0.15) is 0 Å². The van der Waals surface area contributed by atoms with Gasteiger partial charge in [-0.05, 0) is 12.1 Å². The van der Waals surface area contributed by atoms with E-state index < -0.39 is 11.9 Å². The van der Waals surface area contributed by atoms with Gasteiger partial charge in [-0.25, -0.2) is 4.79 Å². The van der Waals surface area contributed by atoms with Crippen molar-refractivity contribution in [2.75, 3.05) is 25.2 Å². The number of hydrogen-bond acceptors (Lipinski definition) is 4. The number of ether oxygens (including phenoxy) is 2. The molecular weight excluding hydrogens is 252 g/mol. The Morgan fingerprint density at radius 1 is 1.26 bits per heavy atom. The number of nitrogens with one attached hydrogen (secondary N) is 1. The number of benzene rings is 1. The number of amides is 2. The van der Waals surface area contributed by atoms with Crippen molar-refractivity contribution in [2.45, 2.75) is 0 Å². The maximum atomic E-state index is 11.8. The van der Waals surface area contributed by atoms with Crippen molar-refractivity contribution in [1.29, 1.82) is 0 Å². The van der Waals surface area contributed by atoms with Crippen molar-refractivity contribution in [1.82, 2.24) is 4.90 Å². The molecular formula is C12H12N2O5. The second-order valence-electron chi connectivity index (χ2n) is 4.44. The monoisotopic (exact) mass is 264 g/mol. The molecule has 1 aromatic rings. The van der Waals surface area contributed by atoms with E-state index in [1.807, 2.05) is 0 Å². The predicted molar refractivity (Wildman–Crippen MR) is 64.3 cm³/mol. The van der Waals surface area contributed by atoms with Gasteiger partial charge in [0, 0.05) is 24.8 Å². The number of aliphatic carboxylic acids is 1. The molecule has 7 nitrogen and oxygen atoms in total. The van der Waals surface area contributed by atoms with E-state index in [0.29, 0.717) is 17.2 Å². The van der Waals surface area contributed by atoms with Crippen LogP contribution in [0.3, 0.4) is 0 Å². The Morgan fingerprint density at radius 3 is 2.74 bits per heavy atom. The van der Waals surface area contributed by atoms with Crippen molar-refractivity contribution < 1.29 is 24.2 Å². The van der Waals surface area contributed by atoms with Gasteiger partial charge in [-0.1, -0.05) is 0 Å². The lowest BCUT2D eigenvalue weighted by Crippen LogP contribution is -2.54. The van der Waals surface area contributed by atoms with E-state index in [9.17, 15) is 9.59 Å². The molecule has 100 valence electrons. The van der Waals surface area contributed by atoms with E-state index in [4.69, 9.17) is 14.6 Å². The minimum absolute atomic E-state index is 0.180. The fraction of sp³-hybridized carbons (Fsp3) is 0.333. The molecule has 0 radical (unpaired) electrons. The first kappa shape index (κ1) is 11.6. The highest BCUT2D eigenvalue weighted by atomic mass is 16.7. The maximum Gasteiger partial charge on any atom is 0.321 e. The minimum atomic E-state index is -0.868. The molecule has 1 fully saturated rings. The molecule has 7 heteroatoms. The molecule has 0 saturated carbocycles. The smallest absolute Gasteiger partial charge is 0.321 e. The second kappa shape index (κ2) is 4.34. The molecule has 2 aliphatic heterocycles. The van der Waals surface area contributed by atoms with Crippen LogP contribution in [0.4, 0.5) is 10.5 Å². The Morgan fingerprint density at radius 2 is 2.00 bits per heavy atom. The Bertz CT molecular complexity index is 539. The lowest BCUT2D eigenvalue weighted by molar-refractivity contribution is -0.145. The molecule has 0 atom stereocenters. The van der Waals surface area contributed by atoms with Crippen LogP contribution in [0.15, 0.2) is 18.2 Å². The predicted octanol–water partition coefficient (Wildman–Crippen LogP) is 0.964. The molecule has 3 rings (SSSR count). The molecule has 19 heavy (non-hydrogen) atoms. The van der Waals surface area contributed by atoms with E-state index in [2.05, 4.69) is 5.32 Å². The lowest BCUT2D eigenvalue weighted by Gasteiger charge is -2.36. The molecule has 2 heterocycles. The summed E-state index contributed by atoms with van der Waals surface area (Å²) >= 11 is 0. The first-order valence-corrected chi connectivity index (χ1v) is 5.82. The Labute approximate surface area is 108 Å². The number of carboxylic acid groups (broad SMARTS) is 1. The number of likely N-dealkylation sites (tertiary alicyclic amines) is 1. The van der Waals surface area contributed by atoms with Crippen LogP contribution in [0.5, 0.6) is 11.5 Å². The van der Waals surface area contributed by atoms with Gasteiger partial charge in [0.05, 0.1) is 5.92 Å². The van der Waals surface area contributed by atoms with Gasteiger partial charge in [-0.15, -0.1) is 0 Å². The molecule has 1 saturated heterocycles. The lowest BCUT2D eigenvalue weighted by atomic mass is 10.0. The first-order chi connectivity index (χ1) is 9.13. The summed E-state index contributed by atoms with van der Waals surface area (Å²) in [5.41, 5.74) is 0.591. The summed E-state index contributed by atoms with van der Waals surface area (Å²) in [6.07, 6.45) is 0. The quantitative estimate of drug-likeness (QED) is 0.830. The van der Waals surface area contributed by atoms with Gasteiger partial charge >= 0.3 is 12.0 Å². The van der Waals surface area contributed by atoms with Crippen LogP contribution >= 0.6 is 0 Å². The molecule has 0 spiro atoms. The van der Waals surface area contributed by atoms with Crippen molar-refractivity contribution in [3.8, 4) is 11.5 Å². The summed E-state index contributed by atoms with van der Waals surface area (Å²) in [5.74, 6) is -0.0904.